The molecule has 0 amide bonds. The van der Waals surface area contributed by atoms with Gasteiger partial charge in [0, 0.05) is 7.11 Å². The van der Waals surface area contributed by atoms with Gasteiger partial charge in [0.1, 0.15) is 0 Å². The Bertz CT molecular complexity index is 182. The molecule has 1 aliphatic carbocycles. The molecule has 1 fully saturated rings. The lowest BCUT2D eigenvalue weighted by Gasteiger charge is -2.62. The molecule has 1 nitrogen and oxygen atoms in total. The lowest BCUT2D eigenvalue weighted by atomic mass is 9.44. The van der Waals surface area contributed by atoms with Crippen LogP contribution in [0.2, 0.25) is 0 Å². The van der Waals surface area contributed by atoms with Crippen molar-refractivity contribution in [3.63, 3.8) is 0 Å². The molecule has 0 radical (unpaired) electrons. The van der Waals surface area contributed by atoms with Crippen LogP contribution in [0.1, 0.15) is 54.4 Å². The fourth-order valence-corrected chi connectivity index (χ4v) is 3.23. The van der Waals surface area contributed by atoms with Crippen LogP contribution in [0.3, 0.4) is 0 Å². The van der Waals surface area contributed by atoms with Gasteiger partial charge in [0.15, 0.2) is 0 Å². The SMILES string of the molecule is COC1CC(C(C)(C)C)(C(C)(C)C)C1. The van der Waals surface area contributed by atoms with E-state index in [9.17, 15) is 0 Å². The highest BCUT2D eigenvalue weighted by Crippen LogP contribution is 2.63. The number of hydrogen-bond acceptors (Lipinski definition) is 1. The monoisotopic (exact) mass is 198 g/mol. The minimum atomic E-state index is 0.375. The summed E-state index contributed by atoms with van der Waals surface area (Å²) >= 11 is 0. The van der Waals surface area contributed by atoms with Crippen LogP contribution in [-0.4, -0.2) is 13.2 Å². The summed E-state index contributed by atoms with van der Waals surface area (Å²) in [5.74, 6) is 0. The van der Waals surface area contributed by atoms with Gasteiger partial charge in [-0.25, -0.2) is 0 Å². The molecule has 1 saturated carbocycles. The fourth-order valence-electron chi connectivity index (χ4n) is 3.23. The molecule has 0 aliphatic heterocycles. The van der Waals surface area contributed by atoms with Crippen molar-refractivity contribution in [2.45, 2.75) is 60.5 Å². The second-order valence-electron chi connectivity index (χ2n) is 6.85. The minimum Gasteiger partial charge on any atom is -0.381 e. The third-order valence-corrected chi connectivity index (χ3v) is 4.36. The van der Waals surface area contributed by atoms with Crippen LogP contribution in [0.25, 0.3) is 0 Å². The van der Waals surface area contributed by atoms with E-state index in [0.29, 0.717) is 22.3 Å². The van der Waals surface area contributed by atoms with Crippen molar-refractivity contribution in [2.75, 3.05) is 7.11 Å². The van der Waals surface area contributed by atoms with E-state index in [-0.39, 0.29) is 0 Å². The summed E-state index contributed by atoms with van der Waals surface area (Å²) in [4.78, 5) is 0. The highest BCUT2D eigenvalue weighted by atomic mass is 16.5. The quantitative estimate of drug-likeness (QED) is 0.621. The summed E-state index contributed by atoms with van der Waals surface area (Å²) in [5.41, 5.74) is 1.20. The standard InChI is InChI=1S/C13H26O/c1-11(2,3)13(12(4,5)6)8-10(9-13)14-7/h10H,8-9H2,1-7H3. The van der Waals surface area contributed by atoms with Crippen molar-refractivity contribution in [2.24, 2.45) is 16.2 Å². The van der Waals surface area contributed by atoms with E-state index < -0.39 is 0 Å². The molecule has 0 saturated heterocycles. The van der Waals surface area contributed by atoms with Gasteiger partial charge < -0.3 is 4.74 Å². The van der Waals surface area contributed by atoms with Crippen LogP contribution in [0.15, 0.2) is 0 Å². The average Bonchev–Trinajstić information content (AvgIpc) is 1.77. The van der Waals surface area contributed by atoms with Crippen molar-refractivity contribution >= 4 is 0 Å². The Balaban J connectivity index is 2.87. The molecule has 1 heteroatoms. The number of rotatable bonds is 1. The van der Waals surface area contributed by atoms with E-state index in [4.69, 9.17) is 4.74 Å². The Labute approximate surface area is 89.2 Å². The number of ether oxygens (including phenoxy) is 1. The molecule has 84 valence electrons. The zero-order chi connectivity index (χ0) is 11.2. The van der Waals surface area contributed by atoms with Crippen LogP contribution in [0.4, 0.5) is 0 Å². The molecule has 0 heterocycles. The van der Waals surface area contributed by atoms with Gasteiger partial charge in [-0.2, -0.15) is 0 Å². The van der Waals surface area contributed by atoms with E-state index >= 15 is 0 Å². The van der Waals surface area contributed by atoms with Gasteiger partial charge in [0.2, 0.25) is 0 Å². The third-order valence-electron chi connectivity index (χ3n) is 4.36. The van der Waals surface area contributed by atoms with Crippen molar-refractivity contribution in [1.82, 2.24) is 0 Å². The summed E-state index contributed by atoms with van der Waals surface area (Å²) in [6, 6.07) is 0. The largest absolute Gasteiger partial charge is 0.381 e. The molecule has 0 N–H and O–H groups in total. The van der Waals surface area contributed by atoms with Crippen LogP contribution in [-0.2, 0) is 4.74 Å². The van der Waals surface area contributed by atoms with Gasteiger partial charge in [0.05, 0.1) is 6.10 Å². The maximum absolute atomic E-state index is 5.43. The third kappa shape index (κ3) is 1.60. The first-order valence-corrected chi connectivity index (χ1v) is 5.67. The van der Waals surface area contributed by atoms with E-state index in [1.165, 1.54) is 12.8 Å². The minimum absolute atomic E-state index is 0.375. The normalized spacial score (nSPS) is 23.4. The van der Waals surface area contributed by atoms with Gasteiger partial charge in [0.25, 0.3) is 0 Å². The number of hydrogen-bond donors (Lipinski definition) is 0. The Hall–Kier alpha value is -0.0400. The molecule has 0 aromatic rings. The zero-order valence-corrected chi connectivity index (χ0v) is 10.9. The lowest BCUT2D eigenvalue weighted by molar-refractivity contribution is -0.175. The molecule has 1 aliphatic rings. The molecule has 0 spiro atoms. The molecular formula is C13H26O. The van der Waals surface area contributed by atoms with Gasteiger partial charge in [-0.1, -0.05) is 41.5 Å². The second-order valence-corrected chi connectivity index (χ2v) is 6.85. The van der Waals surface area contributed by atoms with Crippen molar-refractivity contribution in [3.8, 4) is 0 Å². The molecule has 1 rings (SSSR count). The topological polar surface area (TPSA) is 9.23 Å². The average molecular weight is 198 g/mol. The summed E-state index contributed by atoms with van der Waals surface area (Å²) in [7, 11) is 1.83. The van der Waals surface area contributed by atoms with Crippen molar-refractivity contribution < 1.29 is 4.74 Å². The molecule has 0 bridgehead atoms. The highest BCUT2D eigenvalue weighted by molar-refractivity contribution is 5.07. The van der Waals surface area contributed by atoms with Gasteiger partial charge >= 0.3 is 0 Å². The molecule has 0 aromatic carbocycles. The van der Waals surface area contributed by atoms with Crippen LogP contribution >= 0.6 is 0 Å². The van der Waals surface area contributed by atoms with Crippen LogP contribution in [0.5, 0.6) is 0 Å². The molecule has 14 heavy (non-hydrogen) atoms. The summed E-state index contributed by atoms with van der Waals surface area (Å²) < 4.78 is 5.43. The first kappa shape index (κ1) is 12.0. The predicted octanol–water partition coefficient (Wildman–Crippen LogP) is 3.87. The van der Waals surface area contributed by atoms with E-state index in [1.807, 2.05) is 7.11 Å². The fraction of sp³-hybridized carbons (Fsp3) is 1.00. The van der Waals surface area contributed by atoms with E-state index in [0.717, 1.165) is 0 Å². The Morgan fingerprint density at radius 1 is 0.929 bits per heavy atom. The highest BCUT2D eigenvalue weighted by Gasteiger charge is 2.58. The molecular weight excluding hydrogens is 172 g/mol. The molecule has 0 aromatic heterocycles. The first-order valence-electron chi connectivity index (χ1n) is 5.67. The van der Waals surface area contributed by atoms with E-state index in [1.54, 1.807) is 0 Å². The first-order chi connectivity index (χ1) is 6.14. The lowest BCUT2D eigenvalue weighted by Crippen LogP contribution is -2.57. The van der Waals surface area contributed by atoms with Gasteiger partial charge in [-0.15, -0.1) is 0 Å². The predicted molar refractivity (Wildman–Crippen MR) is 61.4 cm³/mol. The second kappa shape index (κ2) is 3.23. The zero-order valence-electron chi connectivity index (χ0n) is 10.9. The maximum Gasteiger partial charge on any atom is 0.0582 e. The van der Waals surface area contributed by atoms with Gasteiger partial charge in [-0.05, 0) is 29.1 Å². The van der Waals surface area contributed by atoms with Crippen LogP contribution < -0.4 is 0 Å². The molecule has 0 unspecified atom stereocenters. The Morgan fingerprint density at radius 2 is 1.29 bits per heavy atom. The summed E-state index contributed by atoms with van der Waals surface area (Å²) in [5, 5.41) is 0. The number of methoxy groups -OCH3 is 1. The van der Waals surface area contributed by atoms with Gasteiger partial charge in [-0.3, -0.25) is 0 Å². The van der Waals surface area contributed by atoms with Crippen molar-refractivity contribution in [1.29, 1.82) is 0 Å². The van der Waals surface area contributed by atoms with Crippen molar-refractivity contribution in [3.05, 3.63) is 0 Å². The molecule has 0 atom stereocenters. The Morgan fingerprint density at radius 3 is 1.50 bits per heavy atom. The van der Waals surface area contributed by atoms with Crippen LogP contribution in [0, 0.1) is 16.2 Å². The summed E-state index contributed by atoms with van der Waals surface area (Å²) in [6.07, 6.45) is 2.93. The summed E-state index contributed by atoms with van der Waals surface area (Å²) in [6.45, 7) is 14.2. The smallest absolute Gasteiger partial charge is 0.0582 e. The Kier molecular flexibility index (Phi) is 2.78. The maximum atomic E-state index is 5.43. The van der Waals surface area contributed by atoms with E-state index in [2.05, 4.69) is 41.5 Å².